The Bertz CT molecular complexity index is 889. The molecule has 1 heterocycles. The van der Waals surface area contributed by atoms with E-state index in [1.54, 1.807) is 30.3 Å². The lowest BCUT2D eigenvalue weighted by atomic mass is 10.1. The first-order chi connectivity index (χ1) is 10.6. The topological polar surface area (TPSA) is 92.7 Å². The largest absolute Gasteiger partial charge is 0.478 e. The third-order valence-corrected chi connectivity index (χ3v) is 3.46. The molecule has 3 aromatic rings. The molecule has 1 aromatic heterocycles. The van der Waals surface area contributed by atoms with Gasteiger partial charge in [0.2, 0.25) is 0 Å². The number of benzene rings is 2. The molecule has 0 fully saturated rings. The van der Waals surface area contributed by atoms with Gasteiger partial charge in [-0.1, -0.05) is 18.2 Å². The number of aliphatic hydroxyl groups is 1. The van der Waals surface area contributed by atoms with E-state index in [1.807, 2.05) is 0 Å². The molecular formula is C16H13NO5. The Morgan fingerprint density at radius 2 is 1.77 bits per heavy atom. The Morgan fingerprint density at radius 1 is 1.09 bits per heavy atom. The summed E-state index contributed by atoms with van der Waals surface area (Å²) in [5.41, 5.74) is 2.70. The first-order valence-corrected chi connectivity index (χ1v) is 6.64. The van der Waals surface area contributed by atoms with Gasteiger partial charge in [-0.2, -0.15) is 0 Å². The number of carboxylic acids is 1. The highest BCUT2D eigenvalue weighted by molar-refractivity contribution is 5.87. The van der Waals surface area contributed by atoms with Crippen molar-refractivity contribution in [3.63, 3.8) is 0 Å². The highest BCUT2D eigenvalue weighted by Gasteiger charge is 2.11. The van der Waals surface area contributed by atoms with Crippen molar-refractivity contribution < 1.29 is 19.4 Å². The molecule has 0 bridgehead atoms. The van der Waals surface area contributed by atoms with Crippen LogP contribution in [0, 0.1) is 0 Å². The molecule has 0 unspecified atom stereocenters. The zero-order chi connectivity index (χ0) is 15.7. The fourth-order valence-electron chi connectivity index (χ4n) is 2.29. The fraction of sp³-hybridized carbons (Fsp3) is 0.125. The number of nitrogens with zero attached hydrogens (tertiary/aromatic N) is 1. The number of aliphatic hydroxyl groups excluding tert-OH is 1. The summed E-state index contributed by atoms with van der Waals surface area (Å²) in [5, 5.41) is 18.1. The third-order valence-electron chi connectivity index (χ3n) is 3.46. The van der Waals surface area contributed by atoms with Gasteiger partial charge in [-0.15, -0.1) is 0 Å². The Hall–Kier alpha value is -2.86. The van der Waals surface area contributed by atoms with E-state index in [-0.39, 0.29) is 18.7 Å². The van der Waals surface area contributed by atoms with Crippen molar-refractivity contribution in [2.75, 3.05) is 0 Å². The Balaban J connectivity index is 2.00. The second kappa shape index (κ2) is 5.50. The molecule has 22 heavy (non-hydrogen) atoms. The molecule has 0 aliphatic heterocycles. The molecule has 2 N–H and O–H groups in total. The number of aromatic nitrogens is 1. The maximum absolute atomic E-state index is 12.0. The Kier molecular flexibility index (Phi) is 3.52. The summed E-state index contributed by atoms with van der Waals surface area (Å²) in [4.78, 5) is 22.8. The molecule has 0 saturated carbocycles. The summed E-state index contributed by atoms with van der Waals surface area (Å²) in [5.74, 6) is -1.49. The molecule has 3 rings (SSSR count). The number of carboxylic acid groups (broad SMARTS) is 1. The molecule has 0 atom stereocenters. The zero-order valence-corrected chi connectivity index (χ0v) is 11.5. The van der Waals surface area contributed by atoms with Gasteiger partial charge in [-0.05, 0) is 35.4 Å². The van der Waals surface area contributed by atoms with Gasteiger partial charge in [-0.3, -0.25) is 4.57 Å². The van der Waals surface area contributed by atoms with Crippen LogP contribution in [-0.4, -0.2) is 20.7 Å². The van der Waals surface area contributed by atoms with Gasteiger partial charge in [0, 0.05) is 0 Å². The zero-order valence-electron chi connectivity index (χ0n) is 11.5. The summed E-state index contributed by atoms with van der Waals surface area (Å²) in [6.07, 6.45) is 0. The lowest BCUT2D eigenvalue weighted by Gasteiger charge is -2.04. The maximum atomic E-state index is 12.0. The molecule has 0 saturated heterocycles. The second-order valence-corrected chi connectivity index (χ2v) is 4.92. The van der Waals surface area contributed by atoms with Crippen LogP contribution >= 0.6 is 0 Å². The number of fused-ring (bicyclic) bond motifs is 1. The number of carbonyl (C=O) groups is 1. The van der Waals surface area contributed by atoms with Crippen LogP contribution in [0.3, 0.4) is 0 Å². The molecule has 0 aliphatic rings. The minimum atomic E-state index is -0.995. The summed E-state index contributed by atoms with van der Waals surface area (Å²) in [6.45, 7) is 0.142. The molecule has 112 valence electrons. The summed E-state index contributed by atoms with van der Waals surface area (Å²) < 4.78 is 6.61. The van der Waals surface area contributed by atoms with Gasteiger partial charge in [0.05, 0.1) is 24.2 Å². The van der Waals surface area contributed by atoms with Crippen LogP contribution < -0.4 is 5.76 Å². The van der Waals surface area contributed by atoms with E-state index in [1.165, 1.54) is 16.7 Å². The lowest BCUT2D eigenvalue weighted by Crippen LogP contribution is -2.15. The molecule has 6 heteroatoms. The van der Waals surface area contributed by atoms with Crippen molar-refractivity contribution >= 4 is 17.1 Å². The van der Waals surface area contributed by atoms with E-state index >= 15 is 0 Å². The summed E-state index contributed by atoms with van der Waals surface area (Å²) >= 11 is 0. The maximum Gasteiger partial charge on any atom is 0.420 e. The van der Waals surface area contributed by atoms with Gasteiger partial charge in [-0.25, -0.2) is 9.59 Å². The normalized spacial score (nSPS) is 11.0. The predicted octanol–water partition coefficient (Wildman–Crippen LogP) is 1.83. The lowest BCUT2D eigenvalue weighted by molar-refractivity contribution is 0.0697. The van der Waals surface area contributed by atoms with Crippen molar-refractivity contribution in [2.45, 2.75) is 13.2 Å². The standard InChI is InChI=1S/C16H13NO5/c18-9-11-3-6-14-13(7-11)17(16(21)22-14)8-10-1-4-12(5-2-10)15(19)20/h1-7,18H,8-9H2,(H,19,20). The smallest absolute Gasteiger partial charge is 0.420 e. The van der Waals surface area contributed by atoms with Crippen molar-refractivity contribution in [2.24, 2.45) is 0 Å². The van der Waals surface area contributed by atoms with E-state index < -0.39 is 11.7 Å². The quantitative estimate of drug-likeness (QED) is 0.766. The monoisotopic (exact) mass is 299 g/mol. The average molecular weight is 299 g/mol. The van der Waals surface area contributed by atoms with E-state index in [2.05, 4.69) is 0 Å². The third kappa shape index (κ3) is 2.51. The van der Waals surface area contributed by atoms with Crippen LogP contribution in [-0.2, 0) is 13.2 Å². The van der Waals surface area contributed by atoms with Crippen LogP contribution in [0.25, 0.3) is 11.1 Å². The van der Waals surface area contributed by atoms with Gasteiger partial charge < -0.3 is 14.6 Å². The van der Waals surface area contributed by atoms with Crippen LogP contribution in [0.15, 0.2) is 51.7 Å². The molecule has 6 nitrogen and oxygen atoms in total. The second-order valence-electron chi connectivity index (χ2n) is 4.92. The van der Waals surface area contributed by atoms with Crippen LogP contribution in [0.1, 0.15) is 21.5 Å². The SMILES string of the molecule is O=C(O)c1ccc(Cn2c(=O)oc3ccc(CO)cc32)cc1. The molecular weight excluding hydrogens is 286 g/mol. The minimum absolute atomic E-state index is 0.122. The van der Waals surface area contributed by atoms with Crippen LogP contribution in [0.2, 0.25) is 0 Å². The first-order valence-electron chi connectivity index (χ1n) is 6.64. The van der Waals surface area contributed by atoms with Gasteiger partial charge in [0.25, 0.3) is 0 Å². The molecule has 0 radical (unpaired) electrons. The number of hydrogen-bond donors (Lipinski definition) is 2. The van der Waals surface area contributed by atoms with E-state index in [4.69, 9.17) is 9.52 Å². The molecule has 0 spiro atoms. The van der Waals surface area contributed by atoms with Gasteiger partial charge >= 0.3 is 11.7 Å². The highest BCUT2D eigenvalue weighted by Crippen LogP contribution is 2.17. The molecule has 0 amide bonds. The number of oxazole rings is 1. The molecule has 0 aliphatic carbocycles. The van der Waals surface area contributed by atoms with Crippen molar-refractivity contribution in [1.29, 1.82) is 0 Å². The average Bonchev–Trinajstić information content (AvgIpc) is 2.83. The number of aromatic carboxylic acids is 1. The van der Waals surface area contributed by atoms with Crippen LogP contribution in [0.4, 0.5) is 0 Å². The highest BCUT2D eigenvalue weighted by atomic mass is 16.4. The van der Waals surface area contributed by atoms with Crippen molar-refractivity contribution in [3.05, 3.63) is 69.7 Å². The van der Waals surface area contributed by atoms with E-state index in [0.717, 1.165) is 5.56 Å². The van der Waals surface area contributed by atoms with Gasteiger partial charge in [0.1, 0.15) is 0 Å². The Labute approximate surface area is 124 Å². The summed E-state index contributed by atoms with van der Waals surface area (Å²) in [7, 11) is 0. The Morgan fingerprint density at radius 3 is 2.41 bits per heavy atom. The van der Waals surface area contributed by atoms with E-state index in [0.29, 0.717) is 16.7 Å². The van der Waals surface area contributed by atoms with Crippen molar-refractivity contribution in [3.8, 4) is 0 Å². The minimum Gasteiger partial charge on any atom is -0.478 e. The van der Waals surface area contributed by atoms with Crippen molar-refractivity contribution in [1.82, 2.24) is 4.57 Å². The summed E-state index contributed by atoms with van der Waals surface area (Å²) in [6, 6.07) is 11.3. The number of rotatable bonds is 4. The van der Waals surface area contributed by atoms with Crippen LogP contribution in [0.5, 0.6) is 0 Å². The van der Waals surface area contributed by atoms with E-state index in [9.17, 15) is 14.7 Å². The van der Waals surface area contributed by atoms with Gasteiger partial charge in [0.15, 0.2) is 5.58 Å². The first kappa shape index (κ1) is 14.1. The predicted molar refractivity (Wildman–Crippen MR) is 78.9 cm³/mol. The number of hydrogen-bond acceptors (Lipinski definition) is 4. The fourth-order valence-corrected chi connectivity index (χ4v) is 2.29. The molecule has 2 aromatic carbocycles.